The lowest BCUT2D eigenvalue weighted by atomic mass is 10.2. The average molecular weight is 374 g/mol. The van der Waals surface area contributed by atoms with Gasteiger partial charge in [-0.05, 0) is 24.3 Å². The maximum Gasteiger partial charge on any atom is 0.417 e. The molecular formula is C15H13F3N2O4S. The third-order valence-electron chi connectivity index (χ3n) is 2.95. The molecule has 0 saturated carbocycles. The summed E-state index contributed by atoms with van der Waals surface area (Å²) in [6.07, 6.45) is -4.82. The van der Waals surface area contributed by atoms with E-state index in [9.17, 15) is 26.4 Å². The van der Waals surface area contributed by atoms with Crippen molar-refractivity contribution in [3.05, 3.63) is 54.1 Å². The number of amides is 1. The van der Waals surface area contributed by atoms with Crippen molar-refractivity contribution in [3.8, 4) is 5.75 Å². The standard InChI is InChI=1S/C15H13F3N2O4S/c16-15(17,18)12-6-1-2-7-13(12)25(22,23)20-10-4-3-5-11(8-10)24-9-14(19)21/h1-8,20H,9H2,(H2,19,21). The van der Waals surface area contributed by atoms with Crippen molar-refractivity contribution in [2.75, 3.05) is 11.3 Å². The number of ether oxygens (including phenoxy) is 1. The van der Waals surface area contributed by atoms with Crippen LogP contribution in [0.2, 0.25) is 0 Å². The lowest BCUT2D eigenvalue weighted by Crippen LogP contribution is -2.20. The molecule has 0 aliphatic rings. The molecule has 0 heterocycles. The zero-order valence-electron chi connectivity index (χ0n) is 12.6. The Hall–Kier alpha value is -2.75. The van der Waals surface area contributed by atoms with Crippen molar-refractivity contribution >= 4 is 21.6 Å². The van der Waals surface area contributed by atoms with Gasteiger partial charge in [-0.1, -0.05) is 18.2 Å². The van der Waals surface area contributed by atoms with Gasteiger partial charge in [0.25, 0.3) is 15.9 Å². The van der Waals surface area contributed by atoms with Gasteiger partial charge < -0.3 is 10.5 Å². The van der Waals surface area contributed by atoms with Crippen molar-refractivity contribution in [2.24, 2.45) is 5.73 Å². The van der Waals surface area contributed by atoms with E-state index < -0.39 is 39.2 Å². The van der Waals surface area contributed by atoms with Gasteiger partial charge in [-0.15, -0.1) is 0 Å². The van der Waals surface area contributed by atoms with E-state index >= 15 is 0 Å². The number of rotatable bonds is 6. The highest BCUT2D eigenvalue weighted by Gasteiger charge is 2.36. The predicted octanol–water partition coefficient (Wildman–Crippen LogP) is 2.37. The van der Waals surface area contributed by atoms with Crippen LogP contribution in [0, 0.1) is 0 Å². The van der Waals surface area contributed by atoms with E-state index in [2.05, 4.69) is 4.72 Å². The summed E-state index contributed by atoms with van der Waals surface area (Å²) in [4.78, 5) is 9.78. The van der Waals surface area contributed by atoms with Crippen LogP contribution >= 0.6 is 0 Å². The largest absolute Gasteiger partial charge is 0.484 e. The van der Waals surface area contributed by atoms with Gasteiger partial charge in [0.05, 0.1) is 16.1 Å². The molecule has 6 nitrogen and oxygen atoms in total. The number of sulfonamides is 1. The molecule has 10 heteroatoms. The van der Waals surface area contributed by atoms with E-state index in [-0.39, 0.29) is 11.4 Å². The van der Waals surface area contributed by atoms with Crippen LogP contribution < -0.4 is 15.2 Å². The number of nitrogens with one attached hydrogen (secondary N) is 1. The molecule has 134 valence electrons. The maximum absolute atomic E-state index is 13.0. The first-order chi connectivity index (χ1) is 11.6. The van der Waals surface area contributed by atoms with Crippen LogP contribution in [-0.4, -0.2) is 20.9 Å². The molecule has 2 aromatic rings. The van der Waals surface area contributed by atoms with Crippen molar-refractivity contribution in [3.63, 3.8) is 0 Å². The van der Waals surface area contributed by atoms with Gasteiger partial charge in [0.2, 0.25) is 0 Å². The molecule has 2 aromatic carbocycles. The van der Waals surface area contributed by atoms with Crippen molar-refractivity contribution in [2.45, 2.75) is 11.1 Å². The molecule has 0 fully saturated rings. The van der Waals surface area contributed by atoms with E-state index in [1.807, 2.05) is 0 Å². The van der Waals surface area contributed by atoms with Gasteiger partial charge in [0.15, 0.2) is 6.61 Å². The molecule has 0 unspecified atom stereocenters. The van der Waals surface area contributed by atoms with E-state index in [1.54, 1.807) is 0 Å². The van der Waals surface area contributed by atoms with Gasteiger partial charge >= 0.3 is 6.18 Å². The van der Waals surface area contributed by atoms with Crippen LogP contribution in [-0.2, 0) is 21.0 Å². The molecule has 2 rings (SSSR count). The molecule has 0 radical (unpaired) electrons. The normalized spacial score (nSPS) is 11.8. The number of carbonyl (C=O) groups is 1. The first-order valence-corrected chi connectivity index (χ1v) is 8.28. The van der Waals surface area contributed by atoms with Crippen molar-refractivity contribution in [1.82, 2.24) is 0 Å². The molecule has 1 amide bonds. The van der Waals surface area contributed by atoms with E-state index in [4.69, 9.17) is 10.5 Å². The van der Waals surface area contributed by atoms with E-state index in [0.717, 1.165) is 12.1 Å². The summed E-state index contributed by atoms with van der Waals surface area (Å²) in [6.45, 7) is -0.424. The maximum atomic E-state index is 13.0. The second-order valence-corrected chi connectivity index (χ2v) is 6.53. The number of primary amides is 1. The zero-order valence-corrected chi connectivity index (χ0v) is 13.4. The fraction of sp³-hybridized carbons (Fsp3) is 0.133. The molecule has 3 N–H and O–H groups in total. The Balaban J connectivity index is 2.31. The fourth-order valence-corrected chi connectivity index (χ4v) is 3.23. The molecule has 0 bridgehead atoms. The Morgan fingerprint density at radius 2 is 1.80 bits per heavy atom. The van der Waals surface area contributed by atoms with Crippen molar-refractivity contribution in [1.29, 1.82) is 0 Å². The Labute approximate surface area is 141 Å². The number of hydrogen-bond acceptors (Lipinski definition) is 4. The molecule has 0 saturated heterocycles. The van der Waals surface area contributed by atoms with E-state index in [1.165, 1.54) is 30.3 Å². The molecule has 0 aliphatic heterocycles. The Morgan fingerprint density at radius 3 is 2.44 bits per heavy atom. The number of nitrogens with two attached hydrogens (primary N) is 1. The summed E-state index contributed by atoms with van der Waals surface area (Å²) in [6, 6.07) is 9.21. The van der Waals surface area contributed by atoms with Crippen LogP contribution in [0.4, 0.5) is 18.9 Å². The number of anilines is 1. The van der Waals surface area contributed by atoms with Crippen molar-refractivity contribution < 1.29 is 31.1 Å². The average Bonchev–Trinajstić information content (AvgIpc) is 2.52. The lowest BCUT2D eigenvalue weighted by Gasteiger charge is -2.14. The molecular weight excluding hydrogens is 361 g/mol. The summed E-state index contributed by atoms with van der Waals surface area (Å²) in [5.74, 6) is -0.604. The number of halogens is 3. The van der Waals surface area contributed by atoms with Crippen LogP contribution in [0.1, 0.15) is 5.56 Å². The molecule has 25 heavy (non-hydrogen) atoms. The quantitative estimate of drug-likeness (QED) is 0.811. The first-order valence-electron chi connectivity index (χ1n) is 6.80. The third kappa shape index (κ3) is 4.86. The number of hydrogen-bond donors (Lipinski definition) is 2. The van der Waals surface area contributed by atoms with Gasteiger partial charge in [0.1, 0.15) is 5.75 Å². The first kappa shape index (κ1) is 18.6. The summed E-state index contributed by atoms with van der Waals surface area (Å²) >= 11 is 0. The smallest absolute Gasteiger partial charge is 0.417 e. The SMILES string of the molecule is NC(=O)COc1cccc(NS(=O)(=O)c2ccccc2C(F)(F)F)c1. The minimum Gasteiger partial charge on any atom is -0.484 e. The van der Waals surface area contributed by atoms with Gasteiger partial charge in [-0.3, -0.25) is 9.52 Å². The molecule has 0 aromatic heterocycles. The fourth-order valence-electron chi connectivity index (χ4n) is 1.95. The lowest BCUT2D eigenvalue weighted by molar-refractivity contribution is -0.139. The number of alkyl halides is 3. The number of benzene rings is 2. The molecule has 0 spiro atoms. The monoisotopic (exact) mass is 374 g/mol. The predicted molar refractivity (Wildman–Crippen MR) is 83.4 cm³/mol. The number of carbonyl (C=O) groups excluding carboxylic acids is 1. The van der Waals surface area contributed by atoms with E-state index in [0.29, 0.717) is 6.07 Å². The summed E-state index contributed by atoms with van der Waals surface area (Å²) in [7, 11) is -4.49. The van der Waals surface area contributed by atoms with Crippen LogP contribution in [0.3, 0.4) is 0 Å². The van der Waals surface area contributed by atoms with Gasteiger partial charge in [-0.2, -0.15) is 13.2 Å². The topological polar surface area (TPSA) is 98.5 Å². The summed E-state index contributed by atoms with van der Waals surface area (Å²) in [5.41, 5.74) is 3.63. The van der Waals surface area contributed by atoms with Crippen LogP contribution in [0.25, 0.3) is 0 Å². The van der Waals surface area contributed by atoms with Gasteiger partial charge in [-0.25, -0.2) is 8.42 Å². The molecule has 0 atom stereocenters. The zero-order chi connectivity index (χ0) is 18.7. The highest BCUT2D eigenvalue weighted by Crippen LogP contribution is 2.34. The molecule has 0 aliphatic carbocycles. The Bertz CT molecular complexity index is 882. The highest BCUT2D eigenvalue weighted by molar-refractivity contribution is 7.92. The summed E-state index contributed by atoms with van der Waals surface area (Å²) in [5, 5.41) is 0. The Kier molecular flexibility index (Phi) is 5.21. The Morgan fingerprint density at radius 1 is 1.12 bits per heavy atom. The second-order valence-electron chi connectivity index (χ2n) is 4.88. The van der Waals surface area contributed by atoms with Crippen LogP contribution in [0.15, 0.2) is 53.4 Å². The summed E-state index contributed by atoms with van der Waals surface area (Å²) < 4.78 is 70.7. The van der Waals surface area contributed by atoms with Crippen LogP contribution in [0.5, 0.6) is 5.75 Å². The van der Waals surface area contributed by atoms with Gasteiger partial charge in [0, 0.05) is 6.07 Å². The highest BCUT2D eigenvalue weighted by atomic mass is 32.2. The second kappa shape index (κ2) is 7.01. The minimum absolute atomic E-state index is 0.0288. The third-order valence-corrected chi connectivity index (χ3v) is 4.39. The minimum atomic E-state index is -4.82.